The van der Waals surface area contributed by atoms with Gasteiger partial charge in [0.1, 0.15) is 5.54 Å². The zero-order chi connectivity index (χ0) is 14.0. The minimum absolute atomic E-state index is 0.0313. The number of carbonyl (C=O) groups is 2. The summed E-state index contributed by atoms with van der Waals surface area (Å²) in [5.74, 6) is -0.392. The summed E-state index contributed by atoms with van der Waals surface area (Å²) in [6.45, 7) is 5.23. The van der Waals surface area contributed by atoms with Crippen LogP contribution in [0.3, 0.4) is 0 Å². The second-order valence-electron chi connectivity index (χ2n) is 6.16. The molecule has 0 aromatic heterocycles. The molecule has 0 aromatic rings. The van der Waals surface area contributed by atoms with Crippen molar-refractivity contribution in [1.29, 1.82) is 0 Å². The van der Waals surface area contributed by atoms with Gasteiger partial charge in [0, 0.05) is 6.54 Å². The Kier molecular flexibility index (Phi) is 4.13. The van der Waals surface area contributed by atoms with E-state index < -0.39 is 11.5 Å². The standard InChI is InChI=1S/C14H24N2O3/c1-10-5-7-15-11(9-10)12(17)16-8-4-3-6-14(16,2)13(18)19/h10-11,15H,3-9H2,1-2H3,(H,18,19). The number of carboxylic acids is 1. The highest BCUT2D eigenvalue weighted by atomic mass is 16.4. The predicted molar refractivity (Wildman–Crippen MR) is 71.8 cm³/mol. The molecule has 2 aliphatic rings. The lowest BCUT2D eigenvalue weighted by Gasteiger charge is -2.44. The van der Waals surface area contributed by atoms with Gasteiger partial charge in [0.25, 0.3) is 0 Å². The van der Waals surface area contributed by atoms with E-state index in [4.69, 9.17) is 0 Å². The molecule has 5 heteroatoms. The van der Waals surface area contributed by atoms with E-state index in [-0.39, 0.29) is 11.9 Å². The number of likely N-dealkylation sites (tertiary alicyclic amines) is 1. The van der Waals surface area contributed by atoms with E-state index in [1.165, 1.54) is 0 Å². The largest absolute Gasteiger partial charge is 0.480 e. The van der Waals surface area contributed by atoms with Crippen LogP contribution in [0, 0.1) is 5.92 Å². The first kappa shape index (κ1) is 14.3. The first-order valence-corrected chi connectivity index (χ1v) is 7.23. The number of aliphatic carboxylic acids is 1. The zero-order valence-corrected chi connectivity index (χ0v) is 11.8. The molecule has 3 unspecified atom stereocenters. The van der Waals surface area contributed by atoms with E-state index in [9.17, 15) is 14.7 Å². The second-order valence-corrected chi connectivity index (χ2v) is 6.16. The highest BCUT2D eigenvalue weighted by molar-refractivity contribution is 5.89. The molecule has 2 fully saturated rings. The predicted octanol–water partition coefficient (Wildman–Crippen LogP) is 1.23. The third-order valence-corrected chi connectivity index (χ3v) is 4.58. The topological polar surface area (TPSA) is 69.6 Å². The van der Waals surface area contributed by atoms with Crippen LogP contribution in [0.5, 0.6) is 0 Å². The third-order valence-electron chi connectivity index (χ3n) is 4.58. The van der Waals surface area contributed by atoms with Crippen LogP contribution in [-0.4, -0.2) is 46.6 Å². The van der Waals surface area contributed by atoms with Crippen molar-refractivity contribution in [3.8, 4) is 0 Å². The van der Waals surface area contributed by atoms with E-state index >= 15 is 0 Å². The Morgan fingerprint density at radius 2 is 2.11 bits per heavy atom. The van der Waals surface area contributed by atoms with E-state index in [1.54, 1.807) is 11.8 Å². The van der Waals surface area contributed by atoms with Crippen LogP contribution < -0.4 is 5.32 Å². The molecule has 2 saturated heterocycles. The fraction of sp³-hybridized carbons (Fsp3) is 0.857. The summed E-state index contributed by atoms with van der Waals surface area (Å²) in [7, 11) is 0. The quantitative estimate of drug-likeness (QED) is 0.790. The zero-order valence-electron chi connectivity index (χ0n) is 11.8. The smallest absolute Gasteiger partial charge is 0.329 e. The molecule has 0 aliphatic carbocycles. The second kappa shape index (κ2) is 5.49. The van der Waals surface area contributed by atoms with Crippen LogP contribution in [0.15, 0.2) is 0 Å². The van der Waals surface area contributed by atoms with Crippen LogP contribution in [0.1, 0.15) is 46.0 Å². The number of rotatable bonds is 2. The van der Waals surface area contributed by atoms with E-state index in [1.807, 2.05) is 0 Å². The number of carbonyl (C=O) groups excluding carboxylic acids is 1. The molecule has 0 saturated carbocycles. The van der Waals surface area contributed by atoms with Crippen LogP contribution in [0.25, 0.3) is 0 Å². The van der Waals surface area contributed by atoms with Gasteiger partial charge in [-0.1, -0.05) is 6.92 Å². The summed E-state index contributed by atoms with van der Waals surface area (Å²) in [5.41, 5.74) is -1.03. The van der Waals surface area contributed by atoms with Gasteiger partial charge in [0.2, 0.25) is 5.91 Å². The van der Waals surface area contributed by atoms with Gasteiger partial charge in [-0.3, -0.25) is 4.79 Å². The molecule has 2 N–H and O–H groups in total. The lowest BCUT2D eigenvalue weighted by Crippen LogP contribution is -2.62. The molecular formula is C14H24N2O3. The van der Waals surface area contributed by atoms with Crippen molar-refractivity contribution in [2.75, 3.05) is 13.1 Å². The number of nitrogens with zero attached hydrogens (tertiary/aromatic N) is 1. The van der Waals surface area contributed by atoms with Gasteiger partial charge in [-0.25, -0.2) is 4.79 Å². The maximum Gasteiger partial charge on any atom is 0.329 e. The fourth-order valence-corrected chi connectivity index (χ4v) is 3.18. The fourth-order valence-electron chi connectivity index (χ4n) is 3.18. The number of nitrogens with one attached hydrogen (secondary N) is 1. The average Bonchev–Trinajstić information content (AvgIpc) is 2.38. The highest BCUT2D eigenvalue weighted by Gasteiger charge is 2.45. The van der Waals surface area contributed by atoms with Crippen LogP contribution in [-0.2, 0) is 9.59 Å². The third kappa shape index (κ3) is 2.76. The number of hydrogen-bond donors (Lipinski definition) is 2. The number of hydrogen-bond acceptors (Lipinski definition) is 3. The molecule has 0 radical (unpaired) electrons. The number of piperidine rings is 2. The molecule has 19 heavy (non-hydrogen) atoms. The monoisotopic (exact) mass is 268 g/mol. The summed E-state index contributed by atoms with van der Waals surface area (Å²) in [6.07, 6.45) is 4.22. The molecule has 0 spiro atoms. The Hall–Kier alpha value is -1.10. The molecule has 2 aliphatic heterocycles. The van der Waals surface area contributed by atoms with Gasteiger partial charge in [-0.2, -0.15) is 0 Å². The summed E-state index contributed by atoms with van der Waals surface area (Å²) in [5, 5.41) is 12.7. The van der Waals surface area contributed by atoms with Crippen molar-refractivity contribution < 1.29 is 14.7 Å². The maximum absolute atomic E-state index is 12.6. The first-order valence-electron chi connectivity index (χ1n) is 7.23. The minimum Gasteiger partial charge on any atom is -0.480 e. The summed E-state index contributed by atoms with van der Waals surface area (Å²) in [4.78, 5) is 25.7. The lowest BCUT2D eigenvalue weighted by molar-refractivity contribution is -0.162. The Labute approximate surface area is 114 Å². The van der Waals surface area contributed by atoms with Gasteiger partial charge >= 0.3 is 5.97 Å². The molecule has 2 rings (SSSR count). The van der Waals surface area contributed by atoms with Gasteiger partial charge in [0.05, 0.1) is 6.04 Å². The molecule has 0 bridgehead atoms. The molecule has 5 nitrogen and oxygen atoms in total. The van der Waals surface area contributed by atoms with E-state index in [0.717, 1.165) is 32.2 Å². The van der Waals surface area contributed by atoms with E-state index in [0.29, 0.717) is 18.9 Å². The molecule has 1 amide bonds. The lowest BCUT2D eigenvalue weighted by atomic mass is 9.86. The normalized spacial score (nSPS) is 36.0. The minimum atomic E-state index is -1.03. The van der Waals surface area contributed by atoms with Crippen molar-refractivity contribution in [2.24, 2.45) is 5.92 Å². The first-order chi connectivity index (χ1) is 8.95. The average molecular weight is 268 g/mol. The SMILES string of the molecule is CC1CCNC(C(=O)N2CCCCC2(C)C(=O)O)C1. The molecule has 0 aromatic carbocycles. The van der Waals surface area contributed by atoms with Crippen molar-refractivity contribution in [2.45, 2.75) is 57.5 Å². The summed E-state index contributed by atoms with van der Waals surface area (Å²) in [6, 6.07) is -0.208. The highest BCUT2D eigenvalue weighted by Crippen LogP contribution is 2.30. The number of carboxylic acid groups (broad SMARTS) is 1. The Bertz CT molecular complexity index is 372. The van der Waals surface area contributed by atoms with Crippen molar-refractivity contribution >= 4 is 11.9 Å². The van der Waals surface area contributed by atoms with Gasteiger partial charge in [-0.05, 0) is 51.5 Å². The van der Waals surface area contributed by atoms with Crippen molar-refractivity contribution in [1.82, 2.24) is 10.2 Å². The summed E-state index contributed by atoms with van der Waals surface area (Å²) < 4.78 is 0. The number of amides is 1. The van der Waals surface area contributed by atoms with Gasteiger partial charge in [-0.15, -0.1) is 0 Å². The Morgan fingerprint density at radius 3 is 2.74 bits per heavy atom. The van der Waals surface area contributed by atoms with Crippen LogP contribution in [0.4, 0.5) is 0 Å². The summed E-state index contributed by atoms with van der Waals surface area (Å²) >= 11 is 0. The molecule has 2 heterocycles. The molecule has 3 atom stereocenters. The van der Waals surface area contributed by atoms with Gasteiger partial charge < -0.3 is 15.3 Å². The van der Waals surface area contributed by atoms with Crippen molar-refractivity contribution in [3.05, 3.63) is 0 Å². The molecule has 108 valence electrons. The maximum atomic E-state index is 12.6. The van der Waals surface area contributed by atoms with Crippen molar-refractivity contribution in [3.63, 3.8) is 0 Å². The van der Waals surface area contributed by atoms with E-state index in [2.05, 4.69) is 12.2 Å². The van der Waals surface area contributed by atoms with Crippen LogP contribution >= 0.6 is 0 Å². The molecular weight excluding hydrogens is 244 g/mol. The Morgan fingerprint density at radius 1 is 1.37 bits per heavy atom. The van der Waals surface area contributed by atoms with Gasteiger partial charge in [0.15, 0.2) is 0 Å². The van der Waals surface area contributed by atoms with Crippen LogP contribution in [0.2, 0.25) is 0 Å². The Balaban J connectivity index is 2.13.